The summed E-state index contributed by atoms with van der Waals surface area (Å²) in [5.74, 6) is 5.20. The first-order valence-electron chi connectivity index (χ1n) is 5.48. The van der Waals surface area contributed by atoms with Gasteiger partial charge in [0, 0.05) is 17.0 Å². The first-order valence-corrected chi connectivity index (χ1v) is 6.28. The number of nitro groups is 1. The molecular weight excluding hydrogens is 314 g/mol. The van der Waals surface area contributed by atoms with Crippen molar-refractivity contribution in [3.8, 4) is 17.6 Å². The average molecular weight is 326 g/mol. The summed E-state index contributed by atoms with van der Waals surface area (Å²) >= 11 is 3.14. The van der Waals surface area contributed by atoms with Gasteiger partial charge in [0.1, 0.15) is 0 Å². The number of rotatable bonds is 5. The maximum atomic E-state index is 11.5. The van der Waals surface area contributed by atoms with Crippen molar-refractivity contribution in [2.45, 2.75) is 20.3 Å². The van der Waals surface area contributed by atoms with Gasteiger partial charge in [-0.3, -0.25) is 14.9 Å². The molecule has 0 spiro atoms. The van der Waals surface area contributed by atoms with E-state index in [4.69, 9.17) is 4.74 Å². The molecule has 0 N–H and O–H groups in total. The van der Waals surface area contributed by atoms with E-state index in [1.165, 1.54) is 19.1 Å². The smallest absolute Gasteiger partial charge is 0.312 e. The molecule has 0 atom stereocenters. The molecule has 1 aromatic carbocycles. The molecule has 0 aliphatic rings. The molecule has 0 saturated heterocycles. The Kier molecular flexibility index (Phi) is 5.52. The second kappa shape index (κ2) is 6.90. The molecule has 19 heavy (non-hydrogen) atoms. The molecule has 100 valence electrons. The quantitative estimate of drug-likeness (QED) is 0.273. The van der Waals surface area contributed by atoms with Crippen LogP contribution < -0.4 is 4.74 Å². The van der Waals surface area contributed by atoms with E-state index >= 15 is 0 Å². The molecule has 6 heteroatoms. The molecule has 0 heterocycles. The molecule has 0 unspecified atom stereocenters. The van der Waals surface area contributed by atoms with E-state index in [2.05, 4.69) is 27.8 Å². The maximum absolute atomic E-state index is 11.5. The summed E-state index contributed by atoms with van der Waals surface area (Å²) in [6, 6.07) is 2.82. The Morgan fingerprint density at radius 3 is 2.74 bits per heavy atom. The fourth-order valence-electron chi connectivity index (χ4n) is 1.46. The molecule has 0 aliphatic carbocycles. The normalized spacial score (nSPS) is 9.42. The molecule has 0 bridgehead atoms. The van der Waals surface area contributed by atoms with Gasteiger partial charge in [0.2, 0.25) is 5.75 Å². The van der Waals surface area contributed by atoms with Crippen LogP contribution in [0.25, 0.3) is 0 Å². The largest absolute Gasteiger partial charge is 0.485 e. The van der Waals surface area contributed by atoms with E-state index in [1.807, 2.05) is 0 Å². The number of hydrogen-bond donors (Lipinski definition) is 0. The van der Waals surface area contributed by atoms with Crippen LogP contribution in [0.15, 0.2) is 16.6 Å². The Morgan fingerprint density at radius 1 is 1.53 bits per heavy atom. The number of ether oxygens (including phenoxy) is 1. The van der Waals surface area contributed by atoms with Crippen molar-refractivity contribution < 1.29 is 14.5 Å². The summed E-state index contributed by atoms with van der Waals surface area (Å²) in [5.41, 5.74) is -0.0467. The van der Waals surface area contributed by atoms with E-state index in [1.54, 1.807) is 6.92 Å². The zero-order valence-corrected chi connectivity index (χ0v) is 12.1. The van der Waals surface area contributed by atoms with Gasteiger partial charge in [0.25, 0.3) is 0 Å². The number of halogens is 1. The number of benzene rings is 1. The molecule has 0 aliphatic heterocycles. The summed E-state index contributed by atoms with van der Waals surface area (Å²) in [6.07, 6.45) is 0.445. The minimum absolute atomic E-state index is 0.00129. The Labute approximate surface area is 119 Å². The molecule has 0 amide bonds. The van der Waals surface area contributed by atoms with Crippen LogP contribution in [-0.2, 0) is 0 Å². The summed E-state index contributed by atoms with van der Waals surface area (Å²) < 4.78 is 5.83. The summed E-state index contributed by atoms with van der Waals surface area (Å²) in [5, 5.41) is 11.0. The van der Waals surface area contributed by atoms with Gasteiger partial charge in [-0.15, -0.1) is 11.8 Å². The van der Waals surface area contributed by atoms with Crippen LogP contribution in [0.5, 0.6) is 5.75 Å². The first kappa shape index (κ1) is 15.2. The number of nitro benzene ring substituents is 1. The van der Waals surface area contributed by atoms with Crippen LogP contribution in [0.1, 0.15) is 30.6 Å². The van der Waals surface area contributed by atoms with Crippen LogP contribution in [0.2, 0.25) is 0 Å². The maximum Gasteiger partial charge on any atom is 0.312 e. The predicted octanol–water partition coefficient (Wildman–Crippen LogP) is 3.35. The van der Waals surface area contributed by atoms with Crippen molar-refractivity contribution in [1.29, 1.82) is 0 Å². The van der Waals surface area contributed by atoms with E-state index in [0.29, 0.717) is 10.9 Å². The fraction of sp³-hybridized carbons (Fsp3) is 0.308. The highest BCUT2D eigenvalue weighted by molar-refractivity contribution is 9.10. The highest BCUT2D eigenvalue weighted by Gasteiger charge is 2.23. The van der Waals surface area contributed by atoms with Crippen molar-refractivity contribution >= 4 is 27.4 Å². The van der Waals surface area contributed by atoms with Gasteiger partial charge in [0.05, 0.1) is 17.1 Å². The lowest BCUT2D eigenvalue weighted by atomic mass is 10.1. The SMILES string of the molecule is CC#CCCOc1c(C(C)=O)cc(Br)cc1[N+](=O)[O-]. The van der Waals surface area contributed by atoms with Crippen LogP contribution in [0, 0.1) is 22.0 Å². The minimum Gasteiger partial charge on any atom is -0.485 e. The summed E-state index contributed by atoms with van der Waals surface area (Å²) in [4.78, 5) is 22.0. The topological polar surface area (TPSA) is 69.4 Å². The second-order valence-corrected chi connectivity index (χ2v) is 4.56. The Hall–Kier alpha value is -1.87. The van der Waals surface area contributed by atoms with Gasteiger partial charge in [-0.2, -0.15) is 0 Å². The third-order valence-corrected chi connectivity index (χ3v) is 2.72. The lowest BCUT2D eigenvalue weighted by Gasteiger charge is -2.09. The molecule has 0 radical (unpaired) electrons. The van der Waals surface area contributed by atoms with Gasteiger partial charge >= 0.3 is 5.69 Å². The van der Waals surface area contributed by atoms with Crippen molar-refractivity contribution in [2.24, 2.45) is 0 Å². The van der Waals surface area contributed by atoms with Crippen molar-refractivity contribution in [3.63, 3.8) is 0 Å². The predicted molar refractivity (Wildman–Crippen MR) is 74.4 cm³/mol. The molecule has 0 fully saturated rings. The average Bonchev–Trinajstić information content (AvgIpc) is 2.34. The highest BCUT2D eigenvalue weighted by atomic mass is 79.9. The van der Waals surface area contributed by atoms with Gasteiger partial charge in [-0.1, -0.05) is 15.9 Å². The number of carbonyl (C=O) groups is 1. The van der Waals surface area contributed by atoms with E-state index in [-0.39, 0.29) is 29.4 Å². The lowest BCUT2D eigenvalue weighted by Crippen LogP contribution is -2.06. The first-order chi connectivity index (χ1) is 8.97. The minimum atomic E-state index is -0.571. The van der Waals surface area contributed by atoms with Crippen molar-refractivity contribution in [3.05, 3.63) is 32.3 Å². The standard InChI is InChI=1S/C13H12BrNO4/c1-3-4-5-6-19-13-11(9(2)16)7-10(14)8-12(13)15(17)18/h7-8H,5-6H2,1-2H3. The molecule has 1 aromatic rings. The summed E-state index contributed by atoms with van der Waals surface area (Å²) in [7, 11) is 0. The Bertz CT molecular complexity index is 537. The van der Waals surface area contributed by atoms with Crippen molar-refractivity contribution in [2.75, 3.05) is 6.61 Å². The van der Waals surface area contributed by atoms with Crippen LogP contribution in [0.3, 0.4) is 0 Å². The number of hydrogen-bond acceptors (Lipinski definition) is 4. The molecule has 0 aromatic heterocycles. The number of carbonyl (C=O) groups excluding carboxylic acids is 1. The highest BCUT2D eigenvalue weighted by Crippen LogP contribution is 2.35. The van der Waals surface area contributed by atoms with Crippen LogP contribution in [-0.4, -0.2) is 17.3 Å². The van der Waals surface area contributed by atoms with Gasteiger partial charge in [-0.25, -0.2) is 0 Å². The molecule has 5 nitrogen and oxygen atoms in total. The monoisotopic (exact) mass is 325 g/mol. The van der Waals surface area contributed by atoms with Crippen molar-refractivity contribution in [1.82, 2.24) is 0 Å². The van der Waals surface area contributed by atoms with E-state index < -0.39 is 4.92 Å². The Morgan fingerprint density at radius 2 is 2.21 bits per heavy atom. The zero-order valence-electron chi connectivity index (χ0n) is 10.5. The molecular formula is C13H12BrNO4. The number of nitrogens with zero attached hydrogens (tertiary/aromatic N) is 1. The summed E-state index contributed by atoms with van der Waals surface area (Å²) in [6.45, 7) is 3.23. The second-order valence-electron chi connectivity index (χ2n) is 3.64. The fourth-order valence-corrected chi connectivity index (χ4v) is 1.90. The molecule has 1 rings (SSSR count). The Balaban J connectivity index is 3.18. The molecule has 0 saturated carbocycles. The van der Waals surface area contributed by atoms with Gasteiger partial charge < -0.3 is 4.74 Å². The lowest BCUT2D eigenvalue weighted by molar-refractivity contribution is -0.386. The van der Waals surface area contributed by atoms with Gasteiger partial charge in [0.15, 0.2) is 5.78 Å². The zero-order chi connectivity index (χ0) is 14.4. The van der Waals surface area contributed by atoms with E-state index in [9.17, 15) is 14.9 Å². The third-order valence-electron chi connectivity index (χ3n) is 2.26. The van der Waals surface area contributed by atoms with Crippen LogP contribution in [0.4, 0.5) is 5.69 Å². The number of Topliss-reactive ketones (excluding diaryl/α,β-unsaturated/α-hetero) is 1. The third kappa shape index (κ3) is 4.07. The number of ketones is 1. The van der Waals surface area contributed by atoms with Gasteiger partial charge in [-0.05, 0) is 19.9 Å². The van der Waals surface area contributed by atoms with Crippen LogP contribution >= 0.6 is 15.9 Å². The van der Waals surface area contributed by atoms with E-state index in [0.717, 1.165) is 0 Å².